The van der Waals surface area contributed by atoms with Crippen LogP contribution < -0.4 is 16.4 Å². The lowest BCUT2D eigenvalue weighted by molar-refractivity contribution is 0.186. The van der Waals surface area contributed by atoms with Crippen LogP contribution in [0.15, 0.2) is 53.5 Å². The van der Waals surface area contributed by atoms with Crippen molar-refractivity contribution in [1.82, 2.24) is 4.90 Å². The molecule has 5 heteroatoms. The first-order valence-electron chi connectivity index (χ1n) is 11.4. The Morgan fingerprint density at radius 1 is 1.26 bits per heavy atom. The molecule has 168 valence electrons. The van der Waals surface area contributed by atoms with E-state index in [1.165, 1.54) is 11.7 Å². The van der Waals surface area contributed by atoms with Gasteiger partial charge in [0, 0.05) is 41.5 Å². The highest BCUT2D eigenvalue weighted by Crippen LogP contribution is 2.52. The monoisotopic (exact) mass is 438 g/mol. The summed E-state index contributed by atoms with van der Waals surface area (Å²) >= 11 is 0. The first-order chi connectivity index (χ1) is 14.5. The maximum atomic E-state index is 5.99. The van der Waals surface area contributed by atoms with Gasteiger partial charge >= 0.3 is 0 Å². The van der Waals surface area contributed by atoms with Gasteiger partial charge < -0.3 is 16.0 Å². The van der Waals surface area contributed by atoms with Gasteiger partial charge in [0.1, 0.15) is 5.84 Å². The summed E-state index contributed by atoms with van der Waals surface area (Å²) in [6, 6.07) is 6.56. The second-order valence-corrected chi connectivity index (χ2v) is 12.8. The highest BCUT2D eigenvalue weighted by molar-refractivity contribution is 7.80. The van der Waals surface area contributed by atoms with Gasteiger partial charge in [0.25, 0.3) is 0 Å². The summed E-state index contributed by atoms with van der Waals surface area (Å²) in [5.41, 5.74) is 10.8. The molecule has 3 rings (SSSR count). The largest absolute Gasteiger partial charge is 0.399 e. The molecule has 1 aromatic rings. The summed E-state index contributed by atoms with van der Waals surface area (Å²) in [6.45, 7) is 20.7. The predicted octanol–water partition coefficient (Wildman–Crippen LogP) is 5.81. The van der Waals surface area contributed by atoms with Gasteiger partial charge in [0.05, 0.1) is 6.04 Å². The van der Waals surface area contributed by atoms with Crippen molar-refractivity contribution in [3.8, 4) is 0 Å². The van der Waals surface area contributed by atoms with Gasteiger partial charge in [-0.3, -0.25) is 0 Å². The van der Waals surface area contributed by atoms with E-state index in [0.717, 1.165) is 53.9 Å². The molecule has 1 aromatic carbocycles. The predicted molar refractivity (Wildman–Crippen MR) is 142 cm³/mol. The molecular weight excluding hydrogens is 399 g/mol. The molecule has 2 unspecified atom stereocenters. The van der Waals surface area contributed by atoms with Gasteiger partial charge in [0.15, 0.2) is 0 Å². The Balaban J connectivity index is 2.08. The number of hydrogen-bond acceptors (Lipinski definition) is 4. The van der Waals surface area contributed by atoms with Crippen molar-refractivity contribution in [3.63, 3.8) is 0 Å². The van der Waals surface area contributed by atoms with Crippen molar-refractivity contribution < 1.29 is 0 Å². The van der Waals surface area contributed by atoms with Crippen molar-refractivity contribution >= 4 is 35.9 Å². The van der Waals surface area contributed by atoms with Crippen LogP contribution in [0.5, 0.6) is 0 Å². The van der Waals surface area contributed by atoms with Crippen molar-refractivity contribution in [3.05, 3.63) is 54.3 Å². The highest BCUT2D eigenvalue weighted by atomic mass is 31.2. The molecule has 0 saturated heterocycles. The maximum Gasteiger partial charge on any atom is 0.138 e. The number of rotatable bonds is 7. The Morgan fingerprint density at radius 3 is 2.55 bits per heavy atom. The Hall–Kier alpha value is -2.19. The van der Waals surface area contributed by atoms with Crippen molar-refractivity contribution in [2.75, 3.05) is 18.0 Å². The number of nitrogens with one attached hydrogen (secondary N) is 1. The molecule has 2 heterocycles. The van der Waals surface area contributed by atoms with Crippen LogP contribution >= 0.6 is 7.04 Å². The number of amidine groups is 1. The van der Waals surface area contributed by atoms with Gasteiger partial charge in [-0.2, -0.15) is 0 Å². The number of hydrogen-bond donors (Lipinski definition) is 2. The third kappa shape index (κ3) is 4.55. The van der Waals surface area contributed by atoms with Crippen LogP contribution in [-0.2, 0) is 0 Å². The molecule has 4 nitrogen and oxygen atoms in total. The van der Waals surface area contributed by atoms with E-state index >= 15 is 0 Å². The van der Waals surface area contributed by atoms with E-state index in [-0.39, 0.29) is 5.41 Å². The lowest BCUT2D eigenvalue weighted by atomic mass is 9.86. The second kappa shape index (κ2) is 8.74. The van der Waals surface area contributed by atoms with Crippen LogP contribution in [0.1, 0.15) is 59.4 Å². The molecular formula is C26H39N4P. The fourth-order valence-corrected chi connectivity index (χ4v) is 7.11. The summed E-state index contributed by atoms with van der Waals surface area (Å²) in [7, 11) is -1.94. The van der Waals surface area contributed by atoms with E-state index in [9.17, 15) is 0 Å². The highest BCUT2D eigenvalue weighted by Gasteiger charge is 2.38. The van der Waals surface area contributed by atoms with E-state index in [4.69, 9.17) is 10.5 Å². The van der Waals surface area contributed by atoms with Gasteiger partial charge in [-0.15, -0.1) is 0 Å². The van der Waals surface area contributed by atoms with E-state index in [2.05, 4.69) is 82.5 Å². The summed E-state index contributed by atoms with van der Waals surface area (Å²) in [5, 5.41) is 4.82. The minimum atomic E-state index is -1.94. The molecule has 31 heavy (non-hydrogen) atoms. The van der Waals surface area contributed by atoms with Crippen LogP contribution in [0.2, 0.25) is 0 Å². The third-order valence-electron chi connectivity index (χ3n) is 6.17. The lowest BCUT2D eigenvalue weighted by Crippen LogP contribution is -2.39. The van der Waals surface area contributed by atoms with Gasteiger partial charge in [-0.1, -0.05) is 79.1 Å². The lowest BCUT2D eigenvalue weighted by Gasteiger charge is -2.37. The number of nitrogens with two attached hydrogens (primary N) is 1. The number of nitrogens with zero attached hydrogens (tertiary/aromatic N) is 2. The van der Waals surface area contributed by atoms with Crippen LogP contribution in [0.3, 0.4) is 0 Å². The van der Waals surface area contributed by atoms with E-state index in [1.54, 1.807) is 0 Å². The average molecular weight is 439 g/mol. The summed E-state index contributed by atoms with van der Waals surface area (Å²) in [5.74, 6) is 0.905. The summed E-state index contributed by atoms with van der Waals surface area (Å²) in [6.07, 6.45) is 11.4. The maximum absolute atomic E-state index is 5.99. The topological polar surface area (TPSA) is 53.6 Å². The molecule has 2 atom stereocenters. The molecule has 0 radical (unpaired) electrons. The van der Waals surface area contributed by atoms with Crippen molar-refractivity contribution in [1.29, 1.82) is 0 Å². The Bertz CT molecular complexity index is 993. The molecule has 0 fully saturated rings. The first kappa shape index (κ1) is 23.5. The molecule has 0 saturated carbocycles. The van der Waals surface area contributed by atoms with Gasteiger partial charge in [0.2, 0.25) is 0 Å². The van der Waals surface area contributed by atoms with E-state index < -0.39 is 7.04 Å². The zero-order valence-electron chi connectivity index (χ0n) is 20.0. The van der Waals surface area contributed by atoms with Gasteiger partial charge in [-0.05, 0) is 35.7 Å². The third-order valence-corrected chi connectivity index (χ3v) is 9.22. The van der Waals surface area contributed by atoms with Crippen LogP contribution in [0.4, 0.5) is 5.69 Å². The Labute approximate surface area is 189 Å². The molecule has 3 N–H and O–H groups in total. The molecule has 0 amide bonds. The normalized spacial score (nSPS) is 23.2. The molecule has 0 aromatic heterocycles. The molecule has 0 aliphatic carbocycles. The Morgan fingerprint density at radius 2 is 1.97 bits per heavy atom. The number of anilines is 1. The minimum Gasteiger partial charge on any atom is -0.399 e. The standard InChI is InChI=1S/C26H39N4P/c1-9-11-14-30-19(4)21(17-24(30)26(5,6)7)25-28-22-16-20(18(3)27)12-13-23(22)31(8,29-25)15-10-2/h12-13,16-17,24H,3-4,8-11,14-15,27H2,1-2,5-7H3,(H,28,29). The van der Waals surface area contributed by atoms with E-state index in [0.29, 0.717) is 11.7 Å². The number of benzene rings is 1. The minimum absolute atomic E-state index is 0.107. The molecule has 0 spiro atoms. The van der Waals surface area contributed by atoms with Crippen LogP contribution in [0.25, 0.3) is 5.70 Å². The number of unbranched alkanes of at least 4 members (excludes halogenated alkanes) is 1. The van der Waals surface area contributed by atoms with Gasteiger partial charge in [-0.25, -0.2) is 4.76 Å². The fourth-order valence-electron chi connectivity index (χ4n) is 4.46. The smallest absolute Gasteiger partial charge is 0.138 e. The number of fused-ring (bicyclic) bond motifs is 1. The Kier molecular flexibility index (Phi) is 6.62. The molecule has 2 aliphatic heterocycles. The molecule has 0 bridgehead atoms. The second-order valence-electron chi connectivity index (χ2n) is 9.86. The zero-order chi connectivity index (χ0) is 23.0. The van der Waals surface area contributed by atoms with Crippen molar-refractivity contribution in [2.45, 2.75) is 59.9 Å². The SMILES string of the molecule is C=C(N)c1ccc2c(c1)NC(C1=CC(C(C)(C)C)N(CCCC)C1=C)=NP2(=C)CCC. The first-order valence-corrected chi connectivity index (χ1v) is 13.5. The van der Waals surface area contributed by atoms with Crippen molar-refractivity contribution in [2.24, 2.45) is 15.9 Å². The van der Waals surface area contributed by atoms with Crippen LogP contribution in [-0.4, -0.2) is 35.8 Å². The molecule has 2 aliphatic rings. The average Bonchev–Trinajstić information content (AvgIpc) is 3.02. The zero-order valence-corrected chi connectivity index (χ0v) is 20.9. The van der Waals surface area contributed by atoms with Crippen LogP contribution in [0, 0.1) is 5.41 Å². The summed E-state index contributed by atoms with van der Waals surface area (Å²) < 4.78 is 5.28. The van der Waals surface area contributed by atoms with E-state index in [1.807, 2.05) is 6.07 Å². The fraction of sp³-hybridized carbons (Fsp3) is 0.462. The summed E-state index contributed by atoms with van der Waals surface area (Å²) in [4.78, 5) is 2.46. The quantitative estimate of drug-likeness (QED) is 0.528.